The van der Waals surface area contributed by atoms with Crippen LogP contribution in [0.2, 0.25) is 0 Å². The van der Waals surface area contributed by atoms with Gasteiger partial charge < -0.3 is 9.80 Å². The molecule has 0 bridgehead atoms. The lowest BCUT2D eigenvalue weighted by Gasteiger charge is -2.24. The number of pyridine rings is 1. The van der Waals surface area contributed by atoms with Crippen molar-refractivity contribution in [3.05, 3.63) is 30.6 Å². The molecule has 0 N–H and O–H groups in total. The van der Waals surface area contributed by atoms with E-state index in [0.717, 1.165) is 44.3 Å². The van der Waals surface area contributed by atoms with Crippen LogP contribution < -0.4 is 4.90 Å². The van der Waals surface area contributed by atoms with Gasteiger partial charge in [0.25, 0.3) is 0 Å². The molecule has 0 atom stereocenters. The van der Waals surface area contributed by atoms with E-state index in [4.69, 9.17) is 11.6 Å². The molecule has 3 heterocycles. The molecule has 19 heavy (non-hydrogen) atoms. The van der Waals surface area contributed by atoms with Crippen molar-refractivity contribution in [1.29, 1.82) is 0 Å². The molecule has 0 aliphatic carbocycles. The maximum Gasteiger partial charge on any atom is 0.138 e. The molecule has 2 aromatic heterocycles. The van der Waals surface area contributed by atoms with Gasteiger partial charge in [0.1, 0.15) is 11.5 Å². The van der Waals surface area contributed by atoms with E-state index in [-0.39, 0.29) is 0 Å². The Balaban J connectivity index is 1.80. The van der Waals surface area contributed by atoms with E-state index in [1.807, 2.05) is 18.5 Å². The Morgan fingerprint density at radius 3 is 3.00 bits per heavy atom. The molecule has 4 nitrogen and oxygen atoms in total. The summed E-state index contributed by atoms with van der Waals surface area (Å²) in [4.78, 5) is 9.24. The molecule has 1 fully saturated rings. The molecule has 0 unspecified atom stereocenters. The van der Waals surface area contributed by atoms with E-state index >= 15 is 0 Å². The van der Waals surface area contributed by atoms with Crippen molar-refractivity contribution < 1.29 is 0 Å². The Labute approximate surface area is 118 Å². The Hall–Kier alpha value is -1.26. The summed E-state index contributed by atoms with van der Waals surface area (Å²) < 4.78 is 2.16. The lowest BCUT2D eigenvalue weighted by Crippen LogP contribution is -2.32. The number of alkyl halides is 1. The van der Waals surface area contributed by atoms with Crippen LogP contribution in [0.4, 0.5) is 5.82 Å². The highest BCUT2D eigenvalue weighted by atomic mass is 35.5. The van der Waals surface area contributed by atoms with Crippen molar-refractivity contribution in [2.75, 3.05) is 43.5 Å². The molecular formula is C14H19ClN4. The fourth-order valence-corrected chi connectivity index (χ4v) is 2.97. The number of hydrogen-bond donors (Lipinski definition) is 0. The van der Waals surface area contributed by atoms with Gasteiger partial charge in [0.05, 0.1) is 0 Å². The third kappa shape index (κ3) is 2.69. The highest BCUT2D eigenvalue weighted by Crippen LogP contribution is 2.18. The predicted molar refractivity (Wildman–Crippen MR) is 79.2 cm³/mol. The molecule has 102 valence electrons. The van der Waals surface area contributed by atoms with Gasteiger partial charge in [-0.15, -0.1) is 11.6 Å². The van der Waals surface area contributed by atoms with Gasteiger partial charge in [0.15, 0.2) is 0 Å². The van der Waals surface area contributed by atoms with Gasteiger partial charge in [0.2, 0.25) is 0 Å². The molecule has 0 amide bonds. The minimum Gasteiger partial charge on any atom is -0.356 e. The number of imidazole rings is 1. The third-order valence-electron chi connectivity index (χ3n) is 3.72. The van der Waals surface area contributed by atoms with Crippen molar-refractivity contribution in [3.63, 3.8) is 0 Å². The third-order valence-corrected chi connectivity index (χ3v) is 3.89. The van der Waals surface area contributed by atoms with Crippen LogP contribution >= 0.6 is 11.6 Å². The van der Waals surface area contributed by atoms with Crippen LogP contribution in [0, 0.1) is 0 Å². The zero-order chi connectivity index (χ0) is 13.1. The second-order valence-electron chi connectivity index (χ2n) is 4.91. The van der Waals surface area contributed by atoms with Gasteiger partial charge in [-0.25, -0.2) is 4.98 Å². The van der Waals surface area contributed by atoms with Crippen LogP contribution in [-0.2, 0) is 0 Å². The van der Waals surface area contributed by atoms with Gasteiger partial charge >= 0.3 is 0 Å². The highest BCUT2D eigenvalue weighted by Gasteiger charge is 2.16. The summed E-state index contributed by atoms with van der Waals surface area (Å²) >= 11 is 5.84. The predicted octanol–water partition coefficient (Wildman–Crippen LogP) is 2.09. The average Bonchev–Trinajstić information content (AvgIpc) is 2.79. The second-order valence-corrected chi connectivity index (χ2v) is 5.29. The first-order valence-corrected chi connectivity index (χ1v) is 7.37. The summed E-state index contributed by atoms with van der Waals surface area (Å²) in [5.74, 6) is 1.96. The molecule has 5 heteroatoms. The summed E-state index contributed by atoms with van der Waals surface area (Å²) in [6.07, 6.45) is 5.07. The van der Waals surface area contributed by atoms with Gasteiger partial charge in [0, 0.05) is 44.5 Å². The summed E-state index contributed by atoms with van der Waals surface area (Å²) in [5, 5.41) is 0. The van der Waals surface area contributed by atoms with Gasteiger partial charge in [-0.2, -0.15) is 0 Å². The Bertz CT molecular complexity index is 539. The molecule has 0 radical (unpaired) electrons. The van der Waals surface area contributed by atoms with Gasteiger partial charge in [-0.3, -0.25) is 4.40 Å². The summed E-state index contributed by atoms with van der Waals surface area (Å²) in [6.45, 7) is 5.36. The SMILES string of the molecule is ClCCN1CCCN(c2cccc3nccn23)CC1. The van der Waals surface area contributed by atoms with Crippen molar-refractivity contribution in [2.45, 2.75) is 6.42 Å². The van der Waals surface area contributed by atoms with Crippen LogP contribution in [0.15, 0.2) is 30.6 Å². The average molecular weight is 279 g/mol. The number of fused-ring (bicyclic) bond motifs is 1. The molecular weight excluding hydrogens is 260 g/mol. The highest BCUT2D eigenvalue weighted by molar-refractivity contribution is 6.18. The molecule has 3 rings (SSSR count). The topological polar surface area (TPSA) is 23.8 Å². The van der Waals surface area contributed by atoms with E-state index in [9.17, 15) is 0 Å². The fourth-order valence-electron chi connectivity index (χ4n) is 2.73. The second kappa shape index (κ2) is 5.80. The number of rotatable bonds is 3. The van der Waals surface area contributed by atoms with E-state index in [1.54, 1.807) is 0 Å². The Kier molecular flexibility index (Phi) is 3.89. The van der Waals surface area contributed by atoms with Crippen molar-refractivity contribution in [1.82, 2.24) is 14.3 Å². The lowest BCUT2D eigenvalue weighted by molar-refractivity contribution is 0.311. The summed E-state index contributed by atoms with van der Waals surface area (Å²) in [5.41, 5.74) is 1.01. The number of halogens is 1. The Morgan fingerprint density at radius 1 is 1.16 bits per heavy atom. The minimum absolute atomic E-state index is 0.719. The molecule has 0 spiro atoms. The van der Waals surface area contributed by atoms with Crippen molar-refractivity contribution in [2.24, 2.45) is 0 Å². The first-order valence-electron chi connectivity index (χ1n) is 6.84. The van der Waals surface area contributed by atoms with Crippen molar-refractivity contribution in [3.8, 4) is 0 Å². The summed E-state index contributed by atoms with van der Waals surface area (Å²) in [6, 6.07) is 6.30. The number of anilines is 1. The first-order chi connectivity index (χ1) is 9.38. The standard InChI is InChI=1S/C14H19ClN4/c15-5-9-17-7-2-8-18(12-11-17)14-4-1-3-13-16-6-10-19(13)14/h1,3-4,6,10H,2,5,7-9,11-12H2. The first kappa shape index (κ1) is 12.8. The molecule has 1 saturated heterocycles. The molecule has 1 aliphatic heterocycles. The minimum atomic E-state index is 0.719. The van der Waals surface area contributed by atoms with Crippen LogP contribution in [0.3, 0.4) is 0 Å². The smallest absolute Gasteiger partial charge is 0.138 e. The Morgan fingerprint density at radius 2 is 2.11 bits per heavy atom. The summed E-state index contributed by atoms with van der Waals surface area (Å²) in [7, 11) is 0. The van der Waals surface area contributed by atoms with E-state index in [2.05, 4.69) is 31.3 Å². The van der Waals surface area contributed by atoms with E-state index in [1.165, 1.54) is 12.2 Å². The van der Waals surface area contributed by atoms with Gasteiger partial charge in [-0.05, 0) is 25.1 Å². The number of aromatic nitrogens is 2. The number of hydrogen-bond acceptors (Lipinski definition) is 3. The maximum absolute atomic E-state index is 5.84. The zero-order valence-corrected chi connectivity index (χ0v) is 11.8. The fraction of sp³-hybridized carbons (Fsp3) is 0.500. The zero-order valence-electron chi connectivity index (χ0n) is 11.0. The lowest BCUT2D eigenvalue weighted by atomic mass is 10.3. The largest absolute Gasteiger partial charge is 0.356 e. The van der Waals surface area contributed by atoms with E-state index in [0.29, 0.717) is 0 Å². The van der Waals surface area contributed by atoms with E-state index < -0.39 is 0 Å². The van der Waals surface area contributed by atoms with Crippen LogP contribution in [0.5, 0.6) is 0 Å². The van der Waals surface area contributed by atoms with Gasteiger partial charge in [-0.1, -0.05) is 6.07 Å². The normalized spacial score (nSPS) is 17.8. The quantitative estimate of drug-likeness (QED) is 0.804. The van der Waals surface area contributed by atoms with Crippen molar-refractivity contribution >= 4 is 23.1 Å². The monoisotopic (exact) mass is 278 g/mol. The van der Waals surface area contributed by atoms with Crippen LogP contribution in [0.1, 0.15) is 6.42 Å². The molecule has 0 aromatic carbocycles. The van der Waals surface area contributed by atoms with Crippen LogP contribution in [0.25, 0.3) is 5.65 Å². The molecule has 2 aromatic rings. The van der Waals surface area contributed by atoms with Crippen LogP contribution in [-0.4, -0.2) is 52.9 Å². The maximum atomic E-state index is 5.84. The number of nitrogens with zero attached hydrogens (tertiary/aromatic N) is 4. The molecule has 0 saturated carbocycles. The molecule has 1 aliphatic rings.